The van der Waals surface area contributed by atoms with E-state index in [9.17, 15) is 14.4 Å². The van der Waals surface area contributed by atoms with Gasteiger partial charge in [-0.15, -0.1) is 34.4 Å². The fourth-order valence-electron chi connectivity index (χ4n) is 4.20. The van der Waals surface area contributed by atoms with E-state index in [1.807, 2.05) is 48.0 Å². The molecule has 0 saturated heterocycles. The molecule has 0 fully saturated rings. The second kappa shape index (κ2) is 15.3. The number of thiazole rings is 1. The van der Waals surface area contributed by atoms with Crippen LogP contribution in [0.25, 0.3) is 16.6 Å². The zero-order chi connectivity index (χ0) is 31.6. The molecule has 3 N–H and O–H groups in total. The maximum Gasteiger partial charge on any atom is 0.272 e. The van der Waals surface area contributed by atoms with E-state index in [1.54, 1.807) is 85.2 Å². The molecule has 0 radical (unpaired) electrons. The minimum Gasteiger partial charge on any atom is -0.497 e. The Labute approximate surface area is 273 Å². The standard InChI is InChI=1S/C34H30N4O4S3/c1-3-29(33(41)38-34-37-28(21-44-34)30-13-8-18-43-30)45-26-12-7-11-24(20-26)35-32(40)27(19-22-14-16-25(42-2)17-15-22)36-31(39)23-9-5-4-6-10-23/h4-21,29H,3H2,1-2H3,(H,35,40)(H,36,39)(H,37,38,41)/b27-19+. The molecule has 2 aromatic heterocycles. The number of benzene rings is 3. The van der Waals surface area contributed by atoms with Gasteiger partial charge in [0.25, 0.3) is 11.8 Å². The van der Waals surface area contributed by atoms with Gasteiger partial charge in [0.1, 0.15) is 11.4 Å². The summed E-state index contributed by atoms with van der Waals surface area (Å²) >= 11 is 4.40. The zero-order valence-corrected chi connectivity index (χ0v) is 26.9. The van der Waals surface area contributed by atoms with Crippen LogP contribution >= 0.6 is 34.4 Å². The summed E-state index contributed by atoms with van der Waals surface area (Å²) in [4.78, 5) is 46.0. The van der Waals surface area contributed by atoms with Gasteiger partial charge in [-0.05, 0) is 72.0 Å². The van der Waals surface area contributed by atoms with E-state index in [0.717, 1.165) is 15.5 Å². The van der Waals surface area contributed by atoms with Gasteiger partial charge in [0, 0.05) is 21.5 Å². The van der Waals surface area contributed by atoms with Gasteiger partial charge in [-0.2, -0.15) is 0 Å². The first-order valence-corrected chi connectivity index (χ1v) is 16.7. The van der Waals surface area contributed by atoms with Crippen molar-refractivity contribution in [2.45, 2.75) is 23.5 Å². The van der Waals surface area contributed by atoms with Crippen LogP contribution < -0.4 is 20.7 Å². The number of ether oxygens (including phenoxy) is 1. The minimum absolute atomic E-state index is 0.0725. The van der Waals surface area contributed by atoms with Crippen LogP contribution in [-0.2, 0) is 9.59 Å². The fourth-order valence-corrected chi connectivity index (χ4v) is 6.68. The van der Waals surface area contributed by atoms with Crippen molar-refractivity contribution >= 4 is 69.1 Å². The predicted octanol–water partition coefficient (Wildman–Crippen LogP) is 7.80. The topological polar surface area (TPSA) is 109 Å². The average molecular weight is 655 g/mol. The van der Waals surface area contributed by atoms with E-state index in [0.29, 0.717) is 34.1 Å². The van der Waals surface area contributed by atoms with Crippen LogP contribution in [0.5, 0.6) is 5.75 Å². The number of thiophene rings is 1. The summed E-state index contributed by atoms with van der Waals surface area (Å²) < 4.78 is 5.23. The van der Waals surface area contributed by atoms with Crippen LogP contribution in [0, 0.1) is 0 Å². The van der Waals surface area contributed by atoms with Crippen molar-refractivity contribution in [3.8, 4) is 16.3 Å². The zero-order valence-electron chi connectivity index (χ0n) is 24.5. The third kappa shape index (κ3) is 8.69. The number of hydrogen-bond donors (Lipinski definition) is 3. The van der Waals surface area contributed by atoms with Crippen LogP contribution in [0.3, 0.4) is 0 Å². The number of rotatable bonds is 12. The second-order valence-electron chi connectivity index (χ2n) is 9.65. The summed E-state index contributed by atoms with van der Waals surface area (Å²) in [5, 5.41) is 12.7. The van der Waals surface area contributed by atoms with Gasteiger partial charge in [-0.3, -0.25) is 14.4 Å². The number of nitrogens with one attached hydrogen (secondary N) is 3. The molecule has 0 spiro atoms. The predicted molar refractivity (Wildman–Crippen MR) is 184 cm³/mol. The number of methoxy groups -OCH3 is 1. The summed E-state index contributed by atoms with van der Waals surface area (Å²) in [5.41, 5.74) is 2.57. The van der Waals surface area contributed by atoms with Crippen LogP contribution in [-0.4, -0.2) is 35.1 Å². The molecule has 11 heteroatoms. The third-order valence-electron chi connectivity index (χ3n) is 6.50. The van der Waals surface area contributed by atoms with E-state index in [1.165, 1.54) is 23.1 Å². The lowest BCUT2D eigenvalue weighted by molar-refractivity contribution is -0.116. The number of carbonyl (C=O) groups excluding carboxylic acids is 3. The van der Waals surface area contributed by atoms with Crippen molar-refractivity contribution in [1.29, 1.82) is 0 Å². The first-order chi connectivity index (χ1) is 21.9. The molecule has 1 unspecified atom stereocenters. The van der Waals surface area contributed by atoms with E-state index in [-0.39, 0.29) is 16.9 Å². The molecule has 5 rings (SSSR count). The molecule has 0 aliphatic carbocycles. The van der Waals surface area contributed by atoms with Crippen LogP contribution in [0.15, 0.2) is 112 Å². The lowest BCUT2D eigenvalue weighted by Gasteiger charge is -2.15. The first-order valence-electron chi connectivity index (χ1n) is 14.0. The Morgan fingerprint density at radius 3 is 2.44 bits per heavy atom. The lowest BCUT2D eigenvalue weighted by atomic mass is 10.1. The number of anilines is 2. The molecule has 228 valence electrons. The van der Waals surface area contributed by atoms with E-state index >= 15 is 0 Å². The number of aromatic nitrogens is 1. The van der Waals surface area contributed by atoms with Crippen molar-refractivity contribution in [2.75, 3.05) is 17.7 Å². The normalized spacial score (nSPS) is 11.8. The summed E-state index contributed by atoms with van der Waals surface area (Å²) in [7, 11) is 1.58. The quantitative estimate of drug-likeness (QED) is 0.0936. The summed E-state index contributed by atoms with van der Waals surface area (Å²) in [6, 6.07) is 27.1. The van der Waals surface area contributed by atoms with E-state index < -0.39 is 11.8 Å². The Hall–Kier alpha value is -4.71. The minimum atomic E-state index is -0.493. The van der Waals surface area contributed by atoms with Gasteiger partial charge in [0.05, 0.1) is 22.9 Å². The molecule has 1 atom stereocenters. The smallest absolute Gasteiger partial charge is 0.272 e. The van der Waals surface area contributed by atoms with Gasteiger partial charge in [-0.1, -0.05) is 49.4 Å². The molecule has 5 aromatic rings. The van der Waals surface area contributed by atoms with Gasteiger partial charge in [0.15, 0.2) is 5.13 Å². The Morgan fingerprint density at radius 2 is 1.73 bits per heavy atom. The molecule has 0 aliphatic rings. The molecule has 0 aliphatic heterocycles. The molecular formula is C34H30N4O4S3. The van der Waals surface area contributed by atoms with Gasteiger partial charge < -0.3 is 20.7 Å². The Bertz CT molecular complexity index is 1790. The molecule has 8 nitrogen and oxygen atoms in total. The Balaban J connectivity index is 1.28. The highest BCUT2D eigenvalue weighted by atomic mass is 32.2. The molecule has 2 heterocycles. The highest BCUT2D eigenvalue weighted by Gasteiger charge is 2.21. The Kier molecular flexibility index (Phi) is 10.8. The number of nitrogens with zero attached hydrogens (tertiary/aromatic N) is 1. The van der Waals surface area contributed by atoms with Crippen molar-refractivity contribution in [2.24, 2.45) is 0 Å². The van der Waals surface area contributed by atoms with Crippen molar-refractivity contribution in [3.63, 3.8) is 0 Å². The maximum atomic E-state index is 13.5. The highest BCUT2D eigenvalue weighted by Crippen LogP contribution is 2.31. The van der Waals surface area contributed by atoms with Crippen LogP contribution in [0.1, 0.15) is 29.3 Å². The number of hydrogen-bond acceptors (Lipinski definition) is 8. The number of thioether (sulfide) groups is 1. The van der Waals surface area contributed by atoms with Crippen LogP contribution in [0.4, 0.5) is 10.8 Å². The van der Waals surface area contributed by atoms with Gasteiger partial charge in [-0.25, -0.2) is 4.98 Å². The van der Waals surface area contributed by atoms with Gasteiger partial charge in [0.2, 0.25) is 5.91 Å². The Morgan fingerprint density at radius 1 is 0.933 bits per heavy atom. The molecule has 3 amide bonds. The number of carbonyl (C=O) groups is 3. The molecule has 3 aromatic carbocycles. The highest BCUT2D eigenvalue weighted by molar-refractivity contribution is 8.00. The van der Waals surface area contributed by atoms with E-state index in [2.05, 4.69) is 20.9 Å². The van der Waals surface area contributed by atoms with Crippen molar-refractivity contribution < 1.29 is 19.1 Å². The maximum absolute atomic E-state index is 13.5. The summed E-state index contributed by atoms with van der Waals surface area (Å²) in [5.74, 6) is -0.367. The molecular weight excluding hydrogens is 625 g/mol. The fraction of sp³-hybridized carbons (Fsp3) is 0.118. The van der Waals surface area contributed by atoms with Crippen molar-refractivity contribution in [1.82, 2.24) is 10.3 Å². The number of amides is 3. The van der Waals surface area contributed by atoms with Crippen molar-refractivity contribution in [3.05, 3.63) is 119 Å². The third-order valence-corrected chi connectivity index (χ3v) is 9.51. The summed E-state index contributed by atoms with van der Waals surface area (Å²) in [6.07, 6.45) is 2.20. The summed E-state index contributed by atoms with van der Waals surface area (Å²) in [6.45, 7) is 1.95. The van der Waals surface area contributed by atoms with E-state index in [4.69, 9.17) is 4.74 Å². The first kappa shape index (κ1) is 31.7. The van der Waals surface area contributed by atoms with Gasteiger partial charge >= 0.3 is 0 Å². The largest absolute Gasteiger partial charge is 0.497 e. The monoisotopic (exact) mass is 654 g/mol. The molecule has 45 heavy (non-hydrogen) atoms. The lowest BCUT2D eigenvalue weighted by Crippen LogP contribution is -2.30. The average Bonchev–Trinajstić information content (AvgIpc) is 3.77. The SMILES string of the molecule is CCC(Sc1cccc(NC(=O)/C(=C\c2ccc(OC)cc2)NC(=O)c2ccccc2)c1)C(=O)Nc1nc(-c2cccs2)cs1. The second-order valence-corrected chi connectivity index (χ2v) is 12.7. The molecule has 0 saturated carbocycles. The van der Waals surface area contributed by atoms with Crippen LogP contribution in [0.2, 0.25) is 0 Å². The molecule has 0 bridgehead atoms.